The van der Waals surface area contributed by atoms with Crippen LogP contribution in [0.1, 0.15) is 10.4 Å². The summed E-state index contributed by atoms with van der Waals surface area (Å²) in [6, 6.07) is 6.19. The molecule has 0 radical (unpaired) electrons. The number of hydrogen-bond donors (Lipinski definition) is 2. The maximum Gasteiger partial charge on any atom is 0.292 e. The molecular weight excluding hydrogens is 284 g/mol. The maximum absolute atomic E-state index is 13.3. The smallest absolute Gasteiger partial charge is 0.292 e. The predicted molar refractivity (Wildman–Crippen MR) is 71.8 cm³/mol. The van der Waals surface area contributed by atoms with Gasteiger partial charge in [-0.15, -0.1) is 0 Å². The van der Waals surface area contributed by atoms with Gasteiger partial charge in [-0.25, -0.2) is 8.78 Å². The summed E-state index contributed by atoms with van der Waals surface area (Å²) in [6.45, 7) is 0. The van der Waals surface area contributed by atoms with Crippen molar-refractivity contribution in [3.63, 3.8) is 0 Å². The molecule has 0 saturated heterocycles. The van der Waals surface area contributed by atoms with E-state index in [1.807, 2.05) is 0 Å². The van der Waals surface area contributed by atoms with Crippen LogP contribution in [0, 0.1) is 21.7 Å². The van der Waals surface area contributed by atoms with Crippen LogP contribution in [0.25, 0.3) is 0 Å². The number of nitrogens with zero attached hydrogens (tertiary/aromatic N) is 1. The summed E-state index contributed by atoms with van der Waals surface area (Å²) in [5.41, 5.74) is 4.00. The third kappa shape index (κ3) is 2.94. The van der Waals surface area contributed by atoms with E-state index in [0.717, 1.165) is 24.3 Å². The number of halogens is 2. The van der Waals surface area contributed by atoms with Crippen molar-refractivity contribution in [2.75, 3.05) is 11.1 Å². The number of nitro benzene ring substituents is 1. The highest BCUT2D eigenvalue weighted by Crippen LogP contribution is 2.26. The number of carbonyl (C=O) groups is 1. The first kappa shape index (κ1) is 14.4. The molecule has 0 aliphatic carbocycles. The Hall–Kier alpha value is -3.03. The number of carbonyl (C=O) groups excluding carboxylic acids is 1. The van der Waals surface area contributed by atoms with E-state index in [0.29, 0.717) is 0 Å². The number of nitrogens with one attached hydrogen (secondary N) is 1. The number of hydrogen-bond acceptors (Lipinski definition) is 4. The second-order valence-corrected chi connectivity index (χ2v) is 4.07. The number of para-hydroxylation sites is 1. The standard InChI is InChI=1S/C13H9F2N3O3/c14-7-4-5-11(18(20)21)10(6-7)17-13(19)8-2-1-3-9(15)12(8)16/h1-6H,16H2,(H,17,19). The Morgan fingerprint density at radius 1 is 1.24 bits per heavy atom. The van der Waals surface area contributed by atoms with Gasteiger partial charge in [-0.05, 0) is 18.2 Å². The first-order chi connectivity index (χ1) is 9.90. The SMILES string of the molecule is Nc1c(F)cccc1C(=O)Nc1cc(F)ccc1[N+](=O)[O-]. The van der Waals surface area contributed by atoms with Crippen LogP contribution >= 0.6 is 0 Å². The number of amides is 1. The van der Waals surface area contributed by atoms with Crippen LogP contribution in [-0.4, -0.2) is 10.8 Å². The summed E-state index contributed by atoms with van der Waals surface area (Å²) in [5.74, 6) is -2.43. The lowest BCUT2D eigenvalue weighted by Gasteiger charge is -2.08. The summed E-state index contributed by atoms with van der Waals surface area (Å²) in [7, 11) is 0. The lowest BCUT2D eigenvalue weighted by atomic mass is 10.1. The normalized spacial score (nSPS) is 10.2. The van der Waals surface area contributed by atoms with Crippen LogP contribution < -0.4 is 11.1 Å². The van der Waals surface area contributed by atoms with Crippen molar-refractivity contribution < 1.29 is 18.5 Å². The van der Waals surface area contributed by atoms with Crippen molar-refractivity contribution in [1.82, 2.24) is 0 Å². The third-order valence-electron chi connectivity index (χ3n) is 2.70. The number of rotatable bonds is 3. The molecule has 1 amide bonds. The largest absolute Gasteiger partial charge is 0.396 e. The molecule has 8 heteroatoms. The van der Waals surface area contributed by atoms with E-state index in [1.54, 1.807) is 0 Å². The zero-order chi connectivity index (χ0) is 15.6. The molecule has 0 aliphatic heterocycles. The molecule has 0 bridgehead atoms. The van der Waals surface area contributed by atoms with E-state index >= 15 is 0 Å². The van der Waals surface area contributed by atoms with Gasteiger partial charge in [0.2, 0.25) is 0 Å². The van der Waals surface area contributed by atoms with Crippen LogP contribution in [0.2, 0.25) is 0 Å². The highest BCUT2D eigenvalue weighted by Gasteiger charge is 2.19. The molecule has 2 rings (SSSR count). The van der Waals surface area contributed by atoms with Crippen molar-refractivity contribution in [1.29, 1.82) is 0 Å². The van der Waals surface area contributed by atoms with E-state index < -0.39 is 33.8 Å². The van der Waals surface area contributed by atoms with Gasteiger partial charge >= 0.3 is 0 Å². The Morgan fingerprint density at radius 2 is 1.95 bits per heavy atom. The van der Waals surface area contributed by atoms with Crippen LogP contribution in [0.3, 0.4) is 0 Å². The number of anilines is 2. The molecule has 6 nitrogen and oxygen atoms in total. The second-order valence-electron chi connectivity index (χ2n) is 4.07. The zero-order valence-electron chi connectivity index (χ0n) is 10.5. The highest BCUT2D eigenvalue weighted by molar-refractivity contribution is 6.08. The maximum atomic E-state index is 13.3. The fourth-order valence-electron chi connectivity index (χ4n) is 1.69. The Kier molecular flexibility index (Phi) is 3.79. The molecule has 0 fully saturated rings. The molecule has 0 aromatic heterocycles. The fraction of sp³-hybridized carbons (Fsp3) is 0. The van der Waals surface area contributed by atoms with Gasteiger partial charge in [-0.1, -0.05) is 6.07 Å². The minimum atomic E-state index is -0.874. The lowest BCUT2D eigenvalue weighted by molar-refractivity contribution is -0.384. The van der Waals surface area contributed by atoms with E-state index in [1.165, 1.54) is 12.1 Å². The summed E-state index contributed by atoms with van der Waals surface area (Å²) < 4.78 is 26.4. The summed E-state index contributed by atoms with van der Waals surface area (Å²) in [4.78, 5) is 22.0. The molecule has 3 N–H and O–H groups in total. The van der Waals surface area contributed by atoms with Crippen LogP contribution in [-0.2, 0) is 0 Å². The van der Waals surface area contributed by atoms with Gasteiger partial charge in [0.1, 0.15) is 17.3 Å². The molecule has 2 aromatic rings. The molecule has 21 heavy (non-hydrogen) atoms. The van der Waals surface area contributed by atoms with Crippen molar-refractivity contribution in [2.24, 2.45) is 0 Å². The van der Waals surface area contributed by atoms with Crippen molar-refractivity contribution >= 4 is 23.0 Å². The summed E-state index contributed by atoms with van der Waals surface area (Å²) in [6.07, 6.45) is 0. The molecule has 0 aliphatic rings. The number of nitrogen functional groups attached to an aromatic ring is 1. The van der Waals surface area contributed by atoms with Crippen molar-refractivity contribution in [3.05, 3.63) is 63.7 Å². The fourth-order valence-corrected chi connectivity index (χ4v) is 1.69. The first-order valence-electron chi connectivity index (χ1n) is 5.69. The van der Waals surface area contributed by atoms with Gasteiger partial charge in [0.05, 0.1) is 16.2 Å². The molecule has 108 valence electrons. The van der Waals surface area contributed by atoms with E-state index in [2.05, 4.69) is 5.32 Å². The Morgan fingerprint density at radius 3 is 2.62 bits per heavy atom. The number of nitrogens with two attached hydrogens (primary N) is 1. The van der Waals surface area contributed by atoms with Crippen molar-refractivity contribution in [3.8, 4) is 0 Å². The Labute approximate surface area is 117 Å². The lowest BCUT2D eigenvalue weighted by Crippen LogP contribution is -2.15. The van der Waals surface area contributed by atoms with Crippen LogP contribution in [0.15, 0.2) is 36.4 Å². The molecule has 2 aromatic carbocycles. The first-order valence-corrected chi connectivity index (χ1v) is 5.69. The average molecular weight is 293 g/mol. The molecule has 0 unspecified atom stereocenters. The van der Waals surface area contributed by atoms with Gasteiger partial charge in [-0.3, -0.25) is 14.9 Å². The van der Waals surface area contributed by atoms with Crippen molar-refractivity contribution in [2.45, 2.75) is 0 Å². The van der Waals surface area contributed by atoms with Crippen LogP contribution in [0.4, 0.5) is 25.8 Å². The van der Waals surface area contributed by atoms with Gasteiger partial charge in [0, 0.05) is 12.1 Å². The van der Waals surface area contributed by atoms with E-state index in [9.17, 15) is 23.7 Å². The molecule has 0 heterocycles. The van der Waals surface area contributed by atoms with Gasteiger partial charge in [0.25, 0.3) is 11.6 Å². The van der Waals surface area contributed by atoms with Gasteiger partial charge in [0.15, 0.2) is 0 Å². The second kappa shape index (κ2) is 5.53. The molecule has 0 atom stereocenters. The highest BCUT2D eigenvalue weighted by atomic mass is 19.1. The Bertz CT molecular complexity index is 735. The Balaban J connectivity index is 2.38. The third-order valence-corrected chi connectivity index (χ3v) is 2.70. The van der Waals surface area contributed by atoms with Gasteiger partial charge in [-0.2, -0.15) is 0 Å². The summed E-state index contributed by atoms with van der Waals surface area (Å²) >= 11 is 0. The quantitative estimate of drug-likeness (QED) is 0.516. The zero-order valence-corrected chi connectivity index (χ0v) is 10.5. The van der Waals surface area contributed by atoms with Gasteiger partial charge < -0.3 is 11.1 Å². The molecular formula is C13H9F2N3O3. The molecule has 0 saturated carbocycles. The van der Waals surface area contributed by atoms with E-state index in [-0.39, 0.29) is 11.3 Å². The average Bonchev–Trinajstić information content (AvgIpc) is 2.41. The predicted octanol–water partition coefficient (Wildman–Crippen LogP) is 2.71. The monoisotopic (exact) mass is 293 g/mol. The summed E-state index contributed by atoms with van der Waals surface area (Å²) in [5, 5.41) is 13.0. The number of nitro groups is 1. The van der Waals surface area contributed by atoms with E-state index in [4.69, 9.17) is 5.73 Å². The minimum absolute atomic E-state index is 0.200. The van der Waals surface area contributed by atoms with Crippen LogP contribution in [0.5, 0.6) is 0 Å². The molecule has 0 spiro atoms. The minimum Gasteiger partial charge on any atom is -0.396 e. The topological polar surface area (TPSA) is 98.3 Å². The number of benzene rings is 2.